The average Bonchev–Trinajstić information content (AvgIpc) is 2.98. The highest BCUT2D eigenvalue weighted by molar-refractivity contribution is 5.94. The molecule has 3 aromatic rings. The van der Waals surface area contributed by atoms with Gasteiger partial charge in [0.1, 0.15) is 5.82 Å². The number of amides is 1. The summed E-state index contributed by atoms with van der Waals surface area (Å²) in [5, 5.41) is 0. The lowest BCUT2D eigenvalue weighted by Gasteiger charge is -2.34. The van der Waals surface area contributed by atoms with Crippen LogP contribution in [0.4, 0.5) is 0 Å². The molecule has 1 fully saturated rings. The van der Waals surface area contributed by atoms with Crippen molar-refractivity contribution in [3.63, 3.8) is 0 Å². The van der Waals surface area contributed by atoms with Crippen LogP contribution in [0.25, 0.3) is 11.0 Å². The summed E-state index contributed by atoms with van der Waals surface area (Å²) in [7, 11) is 2.07. The number of aromatic nitrogens is 2. The molecule has 0 radical (unpaired) electrons. The Morgan fingerprint density at radius 3 is 2.54 bits per heavy atom. The van der Waals surface area contributed by atoms with E-state index in [-0.39, 0.29) is 5.91 Å². The molecule has 1 aliphatic heterocycles. The molecular weight excluding hydrogens is 324 g/mol. The van der Waals surface area contributed by atoms with E-state index >= 15 is 0 Å². The van der Waals surface area contributed by atoms with Crippen LogP contribution >= 0.6 is 0 Å². The number of hydrogen-bond donors (Lipinski definition) is 0. The van der Waals surface area contributed by atoms with E-state index in [1.165, 1.54) is 0 Å². The molecule has 0 N–H and O–H groups in total. The van der Waals surface area contributed by atoms with Crippen LogP contribution < -0.4 is 0 Å². The predicted octanol–water partition coefficient (Wildman–Crippen LogP) is 2.84. The molecule has 2 aromatic carbocycles. The van der Waals surface area contributed by atoms with Gasteiger partial charge in [0.25, 0.3) is 5.91 Å². The van der Waals surface area contributed by atoms with E-state index in [4.69, 9.17) is 4.98 Å². The fraction of sp³-hybridized carbons (Fsp3) is 0.333. The number of carbonyl (C=O) groups excluding carboxylic acids is 1. The first kappa shape index (κ1) is 16.8. The smallest absolute Gasteiger partial charge is 0.253 e. The van der Waals surface area contributed by atoms with Crippen LogP contribution in [0, 0.1) is 6.92 Å². The van der Waals surface area contributed by atoms with Gasteiger partial charge < -0.3 is 9.47 Å². The SMILES string of the molecule is Cc1cccc(C(=O)N2CCN(Cc3nc4ccccc4n3C)CC2)c1. The Morgan fingerprint density at radius 1 is 1.04 bits per heavy atom. The Bertz CT molecular complexity index is 938. The molecule has 0 spiro atoms. The zero-order valence-electron chi connectivity index (χ0n) is 15.4. The van der Waals surface area contributed by atoms with Crippen molar-refractivity contribution in [2.45, 2.75) is 13.5 Å². The third kappa shape index (κ3) is 3.22. The summed E-state index contributed by atoms with van der Waals surface area (Å²) in [6.45, 7) is 6.11. The molecule has 26 heavy (non-hydrogen) atoms. The van der Waals surface area contributed by atoms with E-state index in [0.29, 0.717) is 0 Å². The van der Waals surface area contributed by atoms with Gasteiger partial charge in [0.05, 0.1) is 17.6 Å². The molecule has 2 heterocycles. The summed E-state index contributed by atoms with van der Waals surface area (Å²) in [4.78, 5) is 21.8. The first-order valence-electron chi connectivity index (χ1n) is 9.10. The maximum Gasteiger partial charge on any atom is 0.253 e. The van der Waals surface area contributed by atoms with Crippen LogP contribution in [0.15, 0.2) is 48.5 Å². The third-order valence-electron chi connectivity index (χ3n) is 5.17. The highest BCUT2D eigenvalue weighted by Crippen LogP contribution is 2.17. The largest absolute Gasteiger partial charge is 0.336 e. The van der Waals surface area contributed by atoms with Crippen LogP contribution in [0.3, 0.4) is 0 Å². The first-order valence-corrected chi connectivity index (χ1v) is 9.10. The number of fused-ring (bicyclic) bond motifs is 1. The maximum absolute atomic E-state index is 12.7. The molecule has 1 amide bonds. The van der Waals surface area contributed by atoms with Crippen molar-refractivity contribution in [3.8, 4) is 0 Å². The zero-order chi connectivity index (χ0) is 18.1. The van der Waals surface area contributed by atoms with Crippen molar-refractivity contribution in [1.29, 1.82) is 0 Å². The summed E-state index contributed by atoms with van der Waals surface area (Å²) >= 11 is 0. The van der Waals surface area contributed by atoms with Gasteiger partial charge in [0.15, 0.2) is 0 Å². The van der Waals surface area contributed by atoms with Gasteiger partial charge in [-0.05, 0) is 31.2 Å². The van der Waals surface area contributed by atoms with Gasteiger partial charge in [-0.1, -0.05) is 29.8 Å². The average molecular weight is 348 g/mol. The summed E-state index contributed by atoms with van der Waals surface area (Å²) in [6, 6.07) is 16.1. The van der Waals surface area contributed by atoms with Crippen molar-refractivity contribution < 1.29 is 4.79 Å². The van der Waals surface area contributed by atoms with E-state index in [1.54, 1.807) is 0 Å². The summed E-state index contributed by atoms with van der Waals surface area (Å²) in [5.74, 6) is 1.21. The van der Waals surface area contributed by atoms with Gasteiger partial charge in [-0.25, -0.2) is 4.98 Å². The number of aryl methyl sites for hydroxylation is 2. The van der Waals surface area contributed by atoms with Crippen molar-refractivity contribution in [3.05, 3.63) is 65.5 Å². The lowest BCUT2D eigenvalue weighted by molar-refractivity contribution is 0.0624. The van der Waals surface area contributed by atoms with Crippen LogP contribution in [0.2, 0.25) is 0 Å². The minimum atomic E-state index is 0.135. The summed E-state index contributed by atoms with van der Waals surface area (Å²) in [6.07, 6.45) is 0. The number of benzene rings is 2. The van der Waals surface area contributed by atoms with E-state index < -0.39 is 0 Å². The Labute approximate surface area is 153 Å². The van der Waals surface area contributed by atoms with E-state index in [2.05, 4.69) is 28.6 Å². The topological polar surface area (TPSA) is 41.4 Å². The molecule has 0 saturated carbocycles. The second-order valence-electron chi connectivity index (χ2n) is 7.01. The van der Waals surface area contributed by atoms with Crippen LogP contribution in [0.5, 0.6) is 0 Å². The second kappa shape index (κ2) is 6.92. The molecule has 5 heteroatoms. The standard InChI is InChI=1S/C21H24N4O/c1-16-6-5-7-17(14-16)21(26)25-12-10-24(11-13-25)15-20-22-18-8-3-4-9-19(18)23(20)2/h3-9,14H,10-13,15H2,1-2H3. The monoisotopic (exact) mass is 348 g/mol. The van der Waals surface area contributed by atoms with E-state index in [1.807, 2.05) is 48.2 Å². The molecule has 1 aliphatic rings. The molecule has 0 atom stereocenters. The van der Waals surface area contributed by atoms with Crippen molar-refractivity contribution >= 4 is 16.9 Å². The van der Waals surface area contributed by atoms with Gasteiger partial charge in [-0.2, -0.15) is 0 Å². The minimum absolute atomic E-state index is 0.135. The number of carbonyl (C=O) groups is 1. The Balaban J connectivity index is 1.40. The highest BCUT2D eigenvalue weighted by atomic mass is 16.2. The minimum Gasteiger partial charge on any atom is -0.336 e. The van der Waals surface area contributed by atoms with E-state index in [0.717, 1.165) is 60.7 Å². The summed E-state index contributed by atoms with van der Waals surface area (Å²) in [5.41, 5.74) is 4.11. The molecule has 1 saturated heterocycles. The Kier molecular flexibility index (Phi) is 4.47. The molecule has 0 aliphatic carbocycles. The van der Waals surface area contributed by atoms with Gasteiger partial charge in [-0.15, -0.1) is 0 Å². The molecule has 4 rings (SSSR count). The number of imidazole rings is 1. The Hall–Kier alpha value is -2.66. The van der Waals surface area contributed by atoms with Crippen molar-refractivity contribution in [1.82, 2.24) is 19.4 Å². The quantitative estimate of drug-likeness (QED) is 0.731. The van der Waals surface area contributed by atoms with Crippen molar-refractivity contribution in [2.24, 2.45) is 7.05 Å². The molecule has 0 bridgehead atoms. The van der Waals surface area contributed by atoms with Crippen LogP contribution in [0.1, 0.15) is 21.7 Å². The Morgan fingerprint density at radius 2 is 1.81 bits per heavy atom. The normalized spacial score (nSPS) is 15.5. The lowest BCUT2D eigenvalue weighted by atomic mass is 10.1. The van der Waals surface area contributed by atoms with Gasteiger partial charge in [0, 0.05) is 38.8 Å². The van der Waals surface area contributed by atoms with Crippen LogP contribution in [-0.2, 0) is 13.6 Å². The van der Waals surface area contributed by atoms with Crippen LogP contribution in [-0.4, -0.2) is 51.4 Å². The third-order valence-corrected chi connectivity index (χ3v) is 5.17. The highest BCUT2D eigenvalue weighted by Gasteiger charge is 2.23. The summed E-state index contributed by atoms with van der Waals surface area (Å²) < 4.78 is 2.17. The van der Waals surface area contributed by atoms with Crippen molar-refractivity contribution in [2.75, 3.05) is 26.2 Å². The molecule has 5 nitrogen and oxygen atoms in total. The fourth-order valence-corrected chi connectivity index (χ4v) is 3.61. The molecule has 0 unspecified atom stereocenters. The van der Waals surface area contributed by atoms with E-state index in [9.17, 15) is 4.79 Å². The first-order chi connectivity index (χ1) is 12.6. The molecular formula is C21H24N4O. The predicted molar refractivity (Wildman–Crippen MR) is 103 cm³/mol. The van der Waals surface area contributed by atoms with Gasteiger partial charge in [-0.3, -0.25) is 9.69 Å². The lowest BCUT2D eigenvalue weighted by Crippen LogP contribution is -2.48. The maximum atomic E-state index is 12.7. The number of rotatable bonds is 3. The number of para-hydroxylation sites is 2. The second-order valence-corrected chi connectivity index (χ2v) is 7.01. The van der Waals surface area contributed by atoms with Gasteiger partial charge in [0.2, 0.25) is 0 Å². The number of nitrogens with zero attached hydrogens (tertiary/aromatic N) is 4. The number of hydrogen-bond acceptors (Lipinski definition) is 3. The number of piperazine rings is 1. The van der Waals surface area contributed by atoms with Gasteiger partial charge >= 0.3 is 0 Å². The molecule has 1 aromatic heterocycles. The zero-order valence-corrected chi connectivity index (χ0v) is 15.4. The molecule has 134 valence electrons. The fourth-order valence-electron chi connectivity index (χ4n) is 3.61.